The molecule has 2 heterocycles. The minimum absolute atomic E-state index is 0.00522. The van der Waals surface area contributed by atoms with Crippen molar-refractivity contribution in [2.24, 2.45) is 0 Å². The highest BCUT2D eigenvalue weighted by Crippen LogP contribution is 2.53. The maximum absolute atomic E-state index is 14.8. The molecule has 0 unspecified atom stereocenters. The lowest BCUT2D eigenvalue weighted by molar-refractivity contribution is -0.308. The van der Waals surface area contributed by atoms with Crippen molar-refractivity contribution in [2.75, 3.05) is 73.2 Å². The second kappa shape index (κ2) is 66.0. The number of carbonyl (C=O) groups excluding carboxylic acids is 4. The molecule has 2 fully saturated rings. The Morgan fingerprint density at radius 2 is 0.991 bits per heavy atom. The van der Waals surface area contributed by atoms with Crippen LogP contribution in [0.2, 0.25) is 0 Å². The van der Waals surface area contributed by atoms with E-state index >= 15 is 0 Å². The first-order chi connectivity index (χ1) is 51.4. The molecule has 2 aliphatic rings. The standard InChI is InChI=1S/C81H144Cl3N2O19P/c1-9-16-20-24-28-32-34-35-39-42-46-50-58-94-67(53-49-45-41-37-31-27-23-19-12-4)54-60-97-77-73(86-80(91)100-65-81(82,83)84)79(104-69(62-93-8)75(77)105-106(92,101-56-14-6)102-57-15-7)98-63-68-74(90)76(96-59-51-47-43-38-33-29-25-21-17-10-2)72(78(103-68)99-64-71(89)95-55-13-5)85-70(88)61-66(87)52-48-44-40-36-30-26-22-18-11-3/h13-15,32,34,67-69,72-79,90H,5-7,9-12,16-31,33,35-65H2,1-4,8H3,(H,85,88)(H,86,91)/b34-32-/t67-,68-,69-,72-,73-,74-,75-,76-,77-,78+,79-/m1/s1. The third-order valence-electron chi connectivity index (χ3n) is 18.8. The number of hydrogen-bond acceptors (Lipinski definition) is 19. The van der Waals surface area contributed by atoms with Gasteiger partial charge in [0.1, 0.15) is 74.3 Å². The molecule has 0 saturated carbocycles. The first-order valence-corrected chi connectivity index (χ1v) is 43.6. The SMILES string of the molecule is C=CCOC(=O)CO[C@H]1O[C@H](CO[C@@H]2O[C@H](COC)[C@@H](OP(=O)(OCC=C)OCC=C)[C@H](OCC[C@@H](CCCCCCCCCCC)OCCCCCC/C=C\CCCCCC)[C@H]2NC(=O)OCC(Cl)(Cl)Cl)[C@@H](O)[C@H](OCCCCCCCCCCCC)[C@H]1NC(=O)CC(=O)CCCCCCCCCCC. The number of phosphoric acid groups is 1. The molecule has 0 aromatic carbocycles. The normalized spacial score (nSPS) is 20.9. The molecule has 0 aliphatic carbocycles. The highest BCUT2D eigenvalue weighted by atomic mass is 35.6. The Balaban J connectivity index is 2.72. The first kappa shape index (κ1) is 99.5. The second-order valence-corrected chi connectivity index (χ2v) is 32.5. The number of carbonyl (C=O) groups is 4. The number of ether oxygens (including phenoxy) is 10. The number of rotatable bonds is 72. The number of allylic oxidation sites excluding steroid dienone is 2. The van der Waals surface area contributed by atoms with Crippen molar-refractivity contribution < 1.29 is 89.8 Å². The van der Waals surface area contributed by atoms with Gasteiger partial charge in [0.15, 0.2) is 12.6 Å². The minimum Gasteiger partial charge on any atom is -0.460 e. The van der Waals surface area contributed by atoms with Crippen LogP contribution in [0.4, 0.5) is 4.79 Å². The monoisotopic (exact) mass is 1580 g/mol. The lowest BCUT2D eigenvalue weighted by Gasteiger charge is -2.47. The van der Waals surface area contributed by atoms with E-state index in [-0.39, 0.29) is 57.9 Å². The molecule has 0 spiro atoms. The van der Waals surface area contributed by atoms with Gasteiger partial charge in [0.25, 0.3) is 0 Å². The van der Waals surface area contributed by atoms with Crippen LogP contribution >= 0.6 is 42.6 Å². The quantitative estimate of drug-likeness (QED) is 0.0128. The maximum Gasteiger partial charge on any atom is 0.475 e. The fraction of sp³-hybridized carbons (Fsp3) is 0.852. The van der Waals surface area contributed by atoms with Gasteiger partial charge in [-0.2, -0.15) is 0 Å². The lowest BCUT2D eigenvalue weighted by atomic mass is 9.95. The summed E-state index contributed by atoms with van der Waals surface area (Å²) in [5.74, 6) is -1.69. The molecule has 2 saturated heterocycles. The highest BCUT2D eigenvalue weighted by Gasteiger charge is 2.54. The van der Waals surface area contributed by atoms with E-state index < -0.39 is 117 Å². The van der Waals surface area contributed by atoms with Crippen molar-refractivity contribution in [1.29, 1.82) is 0 Å². The summed E-state index contributed by atoms with van der Waals surface area (Å²) in [5.41, 5.74) is 0. The molecule has 3 N–H and O–H groups in total. The largest absolute Gasteiger partial charge is 0.475 e. The first-order valence-electron chi connectivity index (χ1n) is 41.0. The Morgan fingerprint density at radius 1 is 0.519 bits per heavy atom. The van der Waals surface area contributed by atoms with Crippen LogP contribution in [-0.4, -0.2) is 173 Å². The predicted octanol–water partition coefficient (Wildman–Crippen LogP) is 19.8. The van der Waals surface area contributed by atoms with Crippen LogP contribution in [-0.2, 0) is 79.9 Å². The number of amides is 2. The van der Waals surface area contributed by atoms with Crippen LogP contribution in [0.5, 0.6) is 0 Å². The zero-order valence-corrected chi connectivity index (χ0v) is 69.2. The Bertz CT molecular complexity index is 2290. The number of phosphoric ester groups is 1. The summed E-state index contributed by atoms with van der Waals surface area (Å²) >= 11 is 18.4. The molecular formula is C81H144Cl3N2O19P. The molecular weight excluding hydrogens is 1440 g/mol. The van der Waals surface area contributed by atoms with Gasteiger partial charge in [-0.05, 0) is 57.8 Å². The number of unbranched alkanes of at least 4 members (excludes halogenated alkanes) is 33. The summed E-state index contributed by atoms with van der Waals surface area (Å²) in [7, 11) is -3.17. The van der Waals surface area contributed by atoms with Gasteiger partial charge in [-0.15, -0.1) is 13.2 Å². The summed E-state index contributed by atoms with van der Waals surface area (Å²) in [5, 5.41) is 18.3. The fourth-order valence-corrected chi connectivity index (χ4v) is 14.4. The number of methoxy groups -OCH3 is 1. The zero-order valence-electron chi connectivity index (χ0n) is 66.0. The summed E-state index contributed by atoms with van der Waals surface area (Å²) < 4.78 is 93.5. The lowest BCUT2D eigenvalue weighted by Crippen LogP contribution is -2.68. The number of alkyl halides is 3. The number of hydrogen-bond donors (Lipinski definition) is 3. The van der Waals surface area contributed by atoms with Crippen LogP contribution in [0.3, 0.4) is 0 Å². The van der Waals surface area contributed by atoms with Gasteiger partial charge in [0.2, 0.25) is 9.70 Å². The number of aliphatic hydroxyl groups is 1. The van der Waals surface area contributed by atoms with E-state index in [4.69, 9.17) is 95.7 Å². The van der Waals surface area contributed by atoms with Crippen molar-refractivity contribution in [2.45, 2.75) is 369 Å². The molecule has 21 nitrogen and oxygen atoms in total. The van der Waals surface area contributed by atoms with E-state index in [0.717, 1.165) is 116 Å². The Hall–Kier alpha value is -2.54. The Labute approximate surface area is 655 Å². The molecule has 106 heavy (non-hydrogen) atoms. The number of aliphatic hydroxyl groups excluding tert-OH is 1. The van der Waals surface area contributed by atoms with Gasteiger partial charge >= 0.3 is 19.9 Å². The van der Waals surface area contributed by atoms with E-state index in [0.29, 0.717) is 25.9 Å². The van der Waals surface area contributed by atoms with Crippen molar-refractivity contribution in [1.82, 2.24) is 10.6 Å². The Morgan fingerprint density at radius 3 is 1.53 bits per heavy atom. The minimum atomic E-state index is -4.59. The van der Waals surface area contributed by atoms with E-state index in [1.807, 2.05) is 0 Å². The molecule has 25 heteroatoms. The van der Waals surface area contributed by atoms with Crippen molar-refractivity contribution in [3.8, 4) is 0 Å². The molecule has 0 aromatic rings. The smallest absolute Gasteiger partial charge is 0.460 e. The number of nitrogens with one attached hydrogen (secondary N) is 2. The summed E-state index contributed by atoms with van der Waals surface area (Å²) in [4.78, 5) is 54.9. The summed E-state index contributed by atoms with van der Waals surface area (Å²) in [6.07, 6.45) is 38.8. The van der Waals surface area contributed by atoms with Crippen molar-refractivity contribution >= 4 is 66.4 Å². The highest BCUT2D eigenvalue weighted by molar-refractivity contribution is 7.48. The molecule has 618 valence electrons. The molecule has 11 atom stereocenters. The molecule has 2 aliphatic heterocycles. The van der Waals surface area contributed by atoms with Gasteiger partial charge in [-0.1, -0.05) is 299 Å². The van der Waals surface area contributed by atoms with Crippen LogP contribution in [0.25, 0.3) is 0 Å². The van der Waals surface area contributed by atoms with Crippen LogP contribution in [0.1, 0.15) is 297 Å². The number of Topliss-reactive ketones (excluding diaryl/α,β-unsaturated/α-hetero) is 1. The topological polar surface area (TPSA) is 250 Å². The van der Waals surface area contributed by atoms with E-state index in [1.54, 1.807) is 0 Å². The van der Waals surface area contributed by atoms with Crippen molar-refractivity contribution in [3.63, 3.8) is 0 Å². The molecule has 0 radical (unpaired) electrons. The third kappa shape index (κ3) is 49.8. The molecule has 2 rings (SSSR count). The fourth-order valence-electron chi connectivity index (χ4n) is 12.9. The van der Waals surface area contributed by atoms with E-state index in [9.17, 15) is 28.8 Å². The van der Waals surface area contributed by atoms with Gasteiger partial charge in [-0.25, -0.2) is 14.2 Å². The number of ketones is 1. The van der Waals surface area contributed by atoms with Gasteiger partial charge in [0.05, 0.1) is 39.0 Å². The van der Waals surface area contributed by atoms with Gasteiger partial charge in [-0.3, -0.25) is 23.2 Å². The predicted molar refractivity (Wildman–Crippen MR) is 424 cm³/mol. The molecule has 0 aromatic heterocycles. The van der Waals surface area contributed by atoms with Crippen LogP contribution < -0.4 is 10.6 Å². The summed E-state index contributed by atoms with van der Waals surface area (Å²) in [6, 6.07) is -2.74. The third-order valence-corrected chi connectivity index (χ3v) is 20.6. The van der Waals surface area contributed by atoms with Gasteiger partial charge in [0, 0.05) is 33.4 Å². The average molecular weight is 1590 g/mol. The second-order valence-electron chi connectivity index (χ2n) is 28.4. The van der Waals surface area contributed by atoms with Crippen molar-refractivity contribution in [3.05, 3.63) is 50.1 Å². The van der Waals surface area contributed by atoms with Gasteiger partial charge < -0.3 is 63.1 Å². The zero-order chi connectivity index (χ0) is 77.6. The average Bonchev–Trinajstić information content (AvgIpc) is 0.784. The number of alkyl carbamates (subject to hydrolysis) is 1. The Kier molecular flexibility index (Phi) is 61.9. The van der Waals surface area contributed by atoms with Crippen LogP contribution in [0, 0.1) is 0 Å². The van der Waals surface area contributed by atoms with Crippen LogP contribution in [0.15, 0.2) is 50.1 Å². The summed E-state index contributed by atoms with van der Waals surface area (Å²) in [6.45, 7) is 17.9. The molecule has 0 bridgehead atoms. The van der Waals surface area contributed by atoms with E-state index in [1.165, 1.54) is 147 Å². The number of halogens is 3. The molecule has 2 amide bonds. The van der Waals surface area contributed by atoms with E-state index in [2.05, 4.69) is 70.2 Å². The number of esters is 1. The maximum atomic E-state index is 14.8.